The summed E-state index contributed by atoms with van der Waals surface area (Å²) in [4.78, 5) is 0. The van der Waals surface area contributed by atoms with Crippen LogP contribution in [-0.4, -0.2) is 18.0 Å². The van der Waals surface area contributed by atoms with Crippen molar-refractivity contribution in [3.05, 3.63) is 35.9 Å². The van der Waals surface area contributed by atoms with Gasteiger partial charge in [0.15, 0.2) is 0 Å². The van der Waals surface area contributed by atoms with E-state index >= 15 is 0 Å². The SMILES string of the molecule is ClCC1(NCCCCc2ccccc2)CC1. The van der Waals surface area contributed by atoms with Crippen LogP contribution < -0.4 is 5.32 Å². The molecular weight excluding hydrogens is 218 g/mol. The molecule has 0 aromatic heterocycles. The average Bonchev–Trinajstić information content (AvgIpc) is 3.11. The fraction of sp³-hybridized carbons (Fsp3) is 0.571. The Morgan fingerprint density at radius 2 is 1.88 bits per heavy atom. The highest BCUT2D eigenvalue weighted by molar-refractivity contribution is 6.18. The van der Waals surface area contributed by atoms with Gasteiger partial charge in [0.2, 0.25) is 0 Å². The first kappa shape index (κ1) is 11.9. The summed E-state index contributed by atoms with van der Waals surface area (Å²) in [6.45, 7) is 1.11. The third-order valence-electron chi connectivity index (χ3n) is 3.34. The van der Waals surface area contributed by atoms with Gasteiger partial charge in [-0.2, -0.15) is 0 Å². The van der Waals surface area contributed by atoms with Crippen molar-refractivity contribution in [2.45, 2.75) is 37.6 Å². The molecule has 0 unspecified atom stereocenters. The topological polar surface area (TPSA) is 12.0 Å². The molecule has 0 spiro atoms. The molecular formula is C14H20ClN. The molecule has 1 N–H and O–H groups in total. The molecule has 0 amide bonds. The van der Waals surface area contributed by atoms with E-state index in [9.17, 15) is 0 Å². The van der Waals surface area contributed by atoms with Gasteiger partial charge in [-0.3, -0.25) is 0 Å². The van der Waals surface area contributed by atoms with Crippen LogP contribution >= 0.6 is 11.6 Å². The lowest BCUT2D eigenvalue weighted by Crippen LogP contribution is -2.33. The summed E-state index contributed by atoms with van der Waals surface area (Å²) in [6.07, 6.45) is 6.21. The molecule has 88 valence electrons. The molecule has 0 heterocycles. The summed E-state index contributed by atoms with van der Waals surface area (Å²) < 4.78 is 0. The van der Waals surface area contributed by atoms with Crippen molar-refractivity contribution >= 4 is 11.6 Å². The van der Waals surface area contributed by atoms with Gasteiger partial charge in [0.1, 0.15) is 0 Å². The van der Waals surface area contributed by atoms with Crippen LogP contribution in [0.3, 0.4) is 0 Å². The first-order chi connectivity index (χ1) is 7.85. The maximum Gasteiger partial charge on any atom is 0.0406 e. The van der Waals surface area contributed by atoms with E-state index in [1.165, 1.54) is 37.7 Å². The first-order valence-electron chi connectivity index (χ1n) is 6.20. The largest absolute Gasteiger partial charge is 0.310 e. The normalized spacial score (nSPS) is 17.3. The van der Waals surface area contributed by atoms with Gasteiger partial charge in [-0.25, -0.2) is 0 Å². The fourth-order valence-electron chi connectivity index (χ4n) is 1.96. The molecule has 2 rings (SSSR count). The van der Waals surface area contributed by atoms with Gasteiger partial charge in [-0.05, 0) is 44.2 Å². The molecule has 1 nitrogen and oxygen atoms in total. The number of alkyl halides is 1. The molecule has 1 fully saturated rings. The molecule has 1 aliphatic carbocycles. The summed E-state index contributed by atoms with van der Waals surface area (Å²) >= 11 is 5.90. The Kier molecular flexibility index (Phi) is 4.25. The van der Waals surface area contributed by atoms with Gasteiger partial charge >= 0.3 is 0 Å². The Morgan fingerprint density at radius 1 is 1.12 bits per heavy atom. The summed E-state index contributed by atoms with van der Waals surface area (Å²) in [7, 11) is 0. The van der Waals surface area contributed by atoms with E-state index in [0.29, 0.717) is 5.54 Å². The van der Waals surface area contributed by atoms with E-state index in [2.05, 4.69) is 35.6 Å². The molecule has 2 heteroatoms. The Hall–Kier alpha value is -0.530. The van der Waals surface area contributed by atoms with E-state index < -0.39 is 0 Å². The van der Waals surface area contributed by atoms with Crippen molar-refractivity contribution in [3.8, 4) is 0 Å². The summed E-state index contributed by atoms with van der Waals surface area (Å²) in [5.41, 5.74) is 1.76. The zero-order valence-corrected chi connectivity index (χ0v) is 10.5. The molecule has 1 aromatic carbocycles. The number of unbranched alkanes of at least 4 members (excludes halogenated alkanes) is 1. The maximum atomic E-state index is 5.90. The Balaban J connectivity index is 1.56. The van der Waals surface area contributed by atoms with Crippen LogP contribution in [0.15, 0.2) is 30.3 Å². The first-order valence-corrected chi connectivity index (χ1v) is 6.73. The van der Waals surface area contributed by atoms with Crippen LogP contribution in [0.5, 0.6) is 0 Å². The highest BCUT2D eigenvalue weighted by Gasteiger charge is 2.40. The molecule has 1 aromatic rings. The van der Waals surface area contributed by atoms with E-state index in [4.69, 9.17) is 11.6 Å². The highest BCUT2D eigenvalue weighted by atomic mass is 35.5. The van der Waals surface area contributed by atoms with E-state index in [0.717, 1.165) is 12.4 Å². The van der Waals surface area contributed by atoms with Crippen LogP contribution in [0.25, 0.3) is 0 Å². The minimum Gasteiger partial charge on any atom is -0.310 e. The average molecular weight is 238 g/mol. The van der Waals surface area contributed by atoms with E-state index in [1.54, 1.807) is 0 Å². The Morgan fingerprint density at radius 3 is 2.50 bits per heavy atom. The van der Waals surface area contributed by atoms with Crippen LogP contribution in [0.1, 0.15) is 31.2 Å². The van der Waals surface area contributed by atoms with Crippen molar-refractivity contribution in [2.75, 3.05) is 12.4 Å². The molecule has 0 bridgehead atoms. The monoisotopic (exact) mass is 237 g/mol. The Bertz CT molecular complexity index is 306. The predicted molar refractivity (Wildman–Crippen MR) is 70.1 cm³/mol. The van der Waals surface area contributed by atoms with Gasteiger partial charge in [-0.15, -0.1) is 11.6 Å². The number of aryl methyl sites for hydroxylation is 1. The van der Waals surface area contributed by atoms with Crippen LogP contribution in [0, 0.1) is 0 Å². The lowest BCUT2D eigenvalue weighted by molar-refractivity contribution is 0.521. The predicted octanol–water partition coefficient (Wildman–Crippen LogP) is 3.37. The number of benzene rings is 1. The standard InChI is InChI=1S/C14H20ClN/c15-12-14(9-10-14)16-11-5-4-8-13-6-2-1-3-7-13/h1-3,6-7,16H,4-5,8-12H2. The highest BCUT2D eigenvalue weighted by Crippen LogP contribution is 2.36. The third kappa shape index (κ3) is 3.50. The van der Waals surface area contributed by atoms with Crippen molar-refractivity contribution < 1.29 is 0 Å². The molecule has 0 saturated heterocycles. The van der Waals surface area contributed by atoms with Gasteiger partial charge in [-0.1, -0.05) is 30.3 Å². The number of nitrogens with one attached hydrogen (secondary N) is 1. The zero-order chi connectivity index (χ0) is 11.3. The number of halogens is 1. The fourth-order valence-corrected chi connectivity index (χ4v) is 2.32. The molecule has 1 saturated carbocycles. The molecule has 0 atom stereocenters. The van der Waals surface area contributed by atoms with Gasteiger partial charge < -0.3 is 5.32 Å². The Labute approximate surface area is 103 Å². The van der Waals surface area contributed by atoms with Gasteiger partial charge in [0.05, 0.1) is 0 Å². The number of hydrogen-bond acceptors (Lipinski definition) is 1. The second kappa shape index (κ2) is 5.70. The van der Waals surface area contributed by atoms with Gasteiger partial charge in [0, 0.05) is 11.4 Å². The molecule has 0 aliphatic heterocycles. The van der Waals surface area contributed by atoms with Crippen LogP contribution in [0.2, 0.25) is 0 Å². The second-order valence-corrected chi connectivity index (χ2v) is 5.05. The summed E-state index contributed by atoms with van der Waals surface area (Å²) in [6, 6.07) is 10.7. The molecule has 16 heavy (non-hydrogen) atoms. The second-order valence-electron chi connectivity index (χ2n) is 4.78. The van der Waals surface area contributed by atoms with Crippen LogP contribution in [0.4, 0.5) is 0 Å². The van der Waals surface area contributed by atoms with Crippen LogP contribution in [-0.2, 0) is 6.42 Å². The van der Waals surface area contributed by atoms with Crippen molar-refractivity contribution in [3.63, 3.8) is 0 Å². The smallest absolute Gasteiger partial charge is 0.0406 e. The quantitative estimate of drug-likeness (QED) is 0.567. The third-order valence-corrected chi connectivity index (χ3v) is 3.86. The van der Waals surface area contributed by atoms with Gasteiger partial charge in [0.25, 0.3) is 0 Å². The lowest BCUT2D eigenvalue weighted by atomic mass is 10.1. The van der Waals surface area contributed by atoms with Crippen molar-refractivity contribution in [1.29, 1.82) is 0 Å². The summed E-state index contributed by atoms with van der Waals surface area (Å²) in [5.74, 6) is 0.770. The number of hydrogen-bond donors (Lipinski definition) is 1. The molecule has 0 radical (unpaired) electrons. The minimum atomic E-state index is 0.314. The van der Waals surface area contributed by atoms with Crippen molar-refractivity contribution in [2.24, 2.45) is 0 Å². The minimum absolute atomic E-state index is 0.314. The maximum absolute atomic E-state index is 5.90. The van der Waals surface area contributed by atoms with Crippen molar-refractivity contribution in [1.82, 2.24) is 5.32 Å². The summed E-state index contributed by atoms with van der Waals surface area (Å²) in [5, 5.41) is 3.57. The zero-order valence-electron chi connectivity index (χ0n) is 9.71. The lowest BCUT2D eigenvalue weighted by Gasteiger charge is -2.13. The molecule has 1 aliphatic rings. The van der Waals surface area contributed by atoms with E-state index in [1.807, 2.05) is 0 Å². The van der Waals surface area contributed by atoms with E-state index in [-0.39, 0.29) is 0 Å². The number of rotatable bonds is 7.